The van der Waals surface area contributed by atoms with Gasteiger partial charge in [-0.05, 0) is 12.1 Å². The van der Waals surface area contributed by atoms with Gasteiger partial charge in [0, 0.05) is 6.07 Å². The molecule has 0 aliphatic heterocycles. The van der Waals surface area contributed by atoms with E-state index in [9.17, 15) is 31.1 Å². The molecule has 0 heterocycles. The molecular formula is C12H7F4NO3S. The summed E-state index contributed by atoms with van der Waals surface area (Å²) >= 11 is 0. The highest BCUT2D eigenvalue weighted by Crippen LogP contribution is 2.29. The molecule has 0 aliphatic rings. The molecule has 0 saturated heterocycles. The molecule has 0 amide bonds. The molecule has 0 radical (unpaired) electrons. The summed E-state index contributed by atoms with van der Waals surface area (Å²) < 4.78 is 78.0. The lowest BCUT2D eigenvalue weighted by molar-refractivity contribution is 0.457. The second kappa shape index (κ2) is 5.24. The zero-order valence-electron chi connectivity index (χ0n) is 10.1. The lowest BCUT2D eigenvalue weighted by Crippen LogP contribution is -2.16. The van der Waals surface area contributed by atoms with Gasteiger partial charge in [0.1, 0.15) is 16.3 Å². The first-order valence-corrected chi connectivity index (χ1v) is 6.86. The van der Waals surface area contributed by atoms with Crippen molar-refractivity contribution in [1.82, 2.24) is 0 Å². The van der Waals surface area contributed by atoms with E-state index < -0.39 is 49.6 Å². The Morgan fingerprint density at radius 3 is 2.00 bits per heavy atom. The van der Waals surface area contributed by atoms with Crippen LogP contribution in [-0.4, -0.2) is 13.5 Å². The summed E-state index contributed by atoms with van der Waals surface area (Å²) in [6.07, 6.45) is 0. The minimum atomic E-state index is -4.64. The second-order valence-electron chi connectivity index (χ2n) is 3.92. The van der Waals surface area contributed by atoms with Crippen molar-refractivity contribution in [1.29, 1.82) is 0 Å². The molecular weight excluding hydrogens is 314 g/mol. The Kier molecular flexibility index (Phi) is 3.77. The van der Waals surface area contributed by atoms with Gasteiger partial charge in [-0.15, -0.1) is 0 Å². The van der Waals surface area contributed by atoms with Crippen LogP contribution < -0.4 is 4.72 Å². The van der Waals surface area contributed by atoms with E-state index in [1.54, 1.807) is 0 Å². The molecule has 9 heteroatoms. The molecule has 0 aromatic heterocycles. The topological polar surface area (TPSA) is 66.4 Å². The van der Waals surface area contributed by atoms with Crippen molar-refractivity contribution in [2.45, 2.75) is 4.90 Å². The molecule has 0 spiro atoms. The Labute approximate surface area is 116 Å². The van der Waals surface area contributed by atoms with E-state index in [4.69, 9.17) is 0 Å². The minimum Gasteiger partial charge on any atom is -0.507 e. The number of nitrogens with one attached hydrogen (secondary N) is 1. The highest BCUT2D eigenvalue weighted by atomic mass is 32.2. The lowest BCUT2D eigenvalue weighted by Gasteiger charge is -2.11. The molecule has 0 unspecified atom stereocenters. The number of rotatable bonds is 3. The van der Waals surface area contributed by atoms with Gasteiger partial charge < -0.3 is 5.11 Å². The van der Waals surface area contributed by atoms with Gasteiger partial charge in [-0.3, -0.25) is 4.72 Å². The molecule has 0 bridgehead atoms. The number of para-hydroxylation sites is 1. The monoisotopic (exact) mass is 321 g/mol. The normalized spacial score (nSPS) is 11.4. The number of hydrogen-bond acceptors (Lipinski definition) is 3. The number of benzene rings is 2. The zero-order chi connectivity index (χ0) is 15.8. The summed E-state index contributed by atoms with van der Waals surface area (Å²) in [6.45, 7) is 0. The van der Waals surface area contributed by atoms with Crippen molar-refractivity contribution < 1.29 is 31.1 Å². The fourth-order valence-corrected chi connectivity index (χ4v) is 2.70. The van der Waals surface area contributed by atoms with E-state index in [-0.39, 0.29) is 6.07 Å². The molecule has 2 rings (SSSR count). The van der Waals surface area contributed by atoms with Gasteiger partial charge in [-0.25, -0.2) is 26.0 Å². The van der Waals surface area contributed by atoms with Crippen molar-refractivity contribution in [3.8, 4) is 5.75 Å². The summed E-state index contributed by atoms with van der Waals surface area (Å²) in [5.41, 5.74) is -1.50. The van der Waals surface area contributed by atoms with Crippen molar-refractivity contribution in [3.63, 3.8) is 0 Å². The molecule has 2 aromatic carbocycles. The Hall–Kier alpha value is -2.29. The number of phenols is 1. The van der Waals surface area contributed by atoms with Crippen LogP contribution in [-0.2, 0) is 10.0 Å². The third-order valence-electron chi connectivity index (χ3n) is 2.50. The number of hydrogen-bond donors (Lipinski definition) is 2. The SMILES string of the molecule is O=S(=O)(Nc1c(F)c(F)cc(F)c1F)c1ccccc1O. The highest BCUT2D eigenvalue weighted by molar-refractivity contribution is 7.92. The fourth-order valence-electron chi connectivity index (χ4n) is 1.54. The van der Waals surface area contributed by atoms with Crippen molar-refractivity contribution in [2.24, 2.45) is 0 Å². The number of aromatic hydroxyl groups is 1. The maximum atomic E-state index is 13.4. The van der Waals surface area contributed by atoms with Crippen LogP contribution in [0, 0.1) is 23.3 Å². The van der Waals surface area contributed by atoms with Crippen LogP contribution in [0.2, 0.25) is 0 Å². The molecule has 0 aliphatic carbocycles. The number of halogens is 4. The largest absolute Gasteiger partial charge is 0.507 e. The lowest BCUT2D eigenvalue weighted by atomic mass is 10.3. The predicted molar refractivity (Wildman–Crippen MR) is 65.2 cm³/mol. The van der Waals surface area contributed by atoms with E-state index in [1.807, 2.05) is 0 Å². The molecule has 0 atom stereocenters. The van der Waals surface area contributed by atoms with Crippen LogP contribution in [0.1, 0.15) is 0 Å². The van der Waals surface area contributed by atoms with Gasteiger partial charge in [0.15, 0.2) is 23.3 Å². The van der Waals surface area contributed by atoms with Crippen LogP contribution >= 0.6 is 0 Å². The summed E-state index contributed by atoms with van der Waals surface area (Å²) in [5, 5.41) is 9.42. The van der Waals surface area contributed by atoms with E-state index in [0.29, 0.717) is 0 Å². The Balaban J connectivity index is 2.55. The van der Waals surface area contributed by atoms with E-state index in [1.165, 1.54) is 16.9 Å². The van der Waals surface area contributed by atoms with Gasteiger partial charge in [0.05, 0.1) is 0 Å². The predicted octanol–water partition coefficient (Wildman–Crippen LogP) is 2.75. The van der Waals surface area contributed by atoms with Crippen molar-refractivity contribution >= 4 is 15.7 Å². The first-order chi connectivity index (χ1) is 9.74. The molecule has 21 heavy (non-hydrogen) atoms. The minimum absolute atomic E-state index is 0.0531. The summed E-state index contributed by atoms with van der Waals surface area (Å²) in [6, 6.07) is 4.48. The number of phenolic OH excluding ortho intramolecular Hbond substituents is 1. The number of sulfonamides is 1. The second-order valence-corrected chi connectivity index (χ2v) is 5.57. The summed E-state index contributed by atoms with van der Waals surface area (Å²) in [5.74, 6) is -8.00. The number of anilines is 1. The van der Waals surface area contributed by atoms with Gasteiger partial charge in [0.2, 0.25) is 0 Å². The van der Waals surface area contributed by atoms with Crippen LogP contribution in [0.15, 0.2) is 35.2 Å². The van der Waals surface area contributed by atoms with Crippen molar-refractivity contribution in [3.05, 3.63) is 53.6 Å². The summed E-state index contributed by atoms with van der Waals surface area (Å²) in [4.78, 5) is -0.700. The van der Waals surface area contributed by atoms with Crippen LogP contribution in [0.4, 0.5) is 23.2 Å². The maximum Gasteiger partial charge on any atom is 0.265 e. The van der Waals surface area contributed by atoms with Gasteiger partial charge in [0.25, 0.3) is 10.0 Å². The Morgan fingerprint density at radius 1 is 0.952 bits per heavy atom. The third kappa shape index (κ3) is 2.77. The van der Waals surface area contributed by atoms with Crippen molar-refractivity contribution in [2.75, 3.05) is 4.72 Å². The van der Waals surface area contributed by atoms with Crippen LogP contribution in [0.25, 0.3) is 0 Å². The molecule has 0 fully saturated rings. The first-order valence-electron chi connectivity index (χ1n) is 5.38. The van der Waals surface area contributed by atoms with E-state index >= 15 is 0 Å². The first kappa shape index (κ1) is 15.1. The third-order valence-corrected chi connectivity index (χ3v) is 3.90. The molecule has 0 saturated carbocycles. The Morgan fingerprint density at radius 2 is 1.48 bits per heavy atom. The standard InChI is InChI=1S/C12H7F4NO3S/c13-6-5-7(14)11(16)12(10(6)15)17-21(19,20)9-4-2-1-3-8(9)18/h1-5,17-18H. The zero-order valence-corrected chi connectivity index (χ0v) is 10.9. The molecule has 4 nitrogen and oxygen atoms in total. The highest BCUT2D eigenvalue weighted by Gasteiger charge is 2.25. The maximum absolute atomic E-state index is 13.4. The molecule has 2 N–H and O–H groups in total. The van der Waals surface area contributed by atoms with Crippen LogP contribution in [0.5, 0.6) is 5.75 Å². The average molecular weight is 321 g/mol. The molecule has 2 aromatic rings. The average Bonchev–Trinajstić information content (AvgIpc) is 2.42. The van der Waals surface area contributed by atoms with E-state index in [2.05, 4.69) is 0 Å². The van der Waals surface area contributed by atoms with Gasteiger partial charge in [-0.2, -0.15) is 0 Å². The van der Waals surface area contributed by atoms with Gasteiger partial charge in [-0.1, -0.05) is 12.1 Å². The fraction of sp³-hybridized carbons (Fsp3) is 0. The smallest absolute Gasteiger partial charge is 0.265 e. The van der Waals surface area contributed by atoms with E-state index in [0.717, 1.165) is 12.1 Å². The Bertz CT molecular complexity index is 782. The van der Waals surface area contributed by atoms with Gasteiger partial charge >= 0.3 is 0 Å². The summed E-state index contributed by atoms with van der Waals surface area (Å²) in [7, 11) is -4.64. The molecule has 112 valence electrons. The van der Waals surface area contributed by atoms with Crippen LogP contribution in [0.3, 0.4) is 0 Å². The quantitative estimate of drug-likeness (QED) is 0.675.